The molecule has 0 saturated carbocycles. The first kappa shape index (κ1) is 424. The molecule has 0 bridgehead atoms. The van der Waals surface area contributed by atoms with Gasteiger partial charge >= 0.3 is 1360 Å². The van der Waals surface area contributed by atoms with Gasteiger partial charge in [0, 0.05) is 0 Å². The molecule has 5 nitrogen and oxygen atoms in total. The van der Waals surface area contributed by atoms with Crippen LogP contribution in [0.4, 0.5) is 0 Å². The van der Waals surface area contributed by atoms with Gasteiger partial charge in [-0.3, -0.25) is 0 Å². The molecular weight excluding hydrogens is 1140 g/mol. The predicted molar refractivity (Wildman–Crippen MR) is 347 cm³/mol. The van der Waals surface area contributed by atoms with Crippen molar-refractivity contribution in [2.45, 2.75) is 0 Å². The van der Waals surface area contributed by atoms with Crippen molar-refractivity contribution >= 4 is 1360 Å². The van der Waals surface area contributed by atoms with Crippen molar-refractivity contribution in [1.29, 1.82) is 0 Å². The van der Waals surface area contributed by atoms with Crippen LogP contribution in [0.15, 0.2) is 0 Å². The summed E-state index contributed by atoms with van der Waals surface area (Å²) in [6.07, 6.45) is 0. The maximum absolute atomic E-state index is 0. The average Bonchev–Trinajstić information content (AvgIpc) is 0. The molecular formula is H56Na46O5. The molecule has 0 radical (unpaired) electrons. The monoisotopic (exact) mass is 1190 g/mol. The van der Waals surface area contributed by atoms with Gasteiger partial charge in [-0.25, -0.2) is 0 Å². The number of rotatable bonds is 0. The third kappa shape index (κ3) is 402. The molecule has 0 atom stereocenters. The topological polar surface area (TPSA) is 158 Å². The first-order valence-corrected chi connectivity index (χ1v) is 0. The molecule has 0 aliphatic carbocycles. The van der Waals surface area contributed by atoms with Gasteiger partial charge in [-0.1, -0.05) is 0 Å². The van der Waals surface area contributed by atoms with Crippen LogP contribution in [0, 0.1) is 0 Å². The van der Waals surface area contributed by atoms with E-state index in [0.29, 0.717) is 0 Å². The maximum atomic E-state index is 0. The molecule has 0 heterocycles. The van der Waals surface area contributed by atoms with E-state index in [4.69, 9.17) is 0 Å². The van der Waals surface area contributed by atoms with E-state index in [1.54, 1.807) is 0 Å². The number of hydrogen-bond acceptors (Lipinski definition) is 0. The Bertz CT molecular complexity index is 23.6. The Kier molecular flexibility index (Phi) is 3410. The molecule has 0 aliphatic rings. The molecule has 132 valence electrons. The molecule has 0 aliphatic heterocycles. The van der Waals surface area contributed by atoms with Crippen LogP contribution in [0.2, 0.25) is 0 Å². The van der Waals surface area contributed by atoms with Crippen molar-refractivity contribution in [2.75, 3.05) is 0 Å². The molecule has 0 aromatic heterocycles. The molecule has 0 saturated heterocycles. The van der Waals surface area contributed by atoms with Crippen LogP contribution in [0.1, 0.15) is 0 Å². The van der Waals surface area contributed by atoms with Crippen LogP contribution in [-0.2, 0) is 0 Å². The van der Waals surface area contributed by atoms with Gasteiger partial charge in [0.1, 0.15) is 0 Å². The van der Waals surface area contributed by atoms with E-state index < -0.39 is 0 Å². The molecule has 0 rings (SSSR count). The fraction of sp³-hybridized carbons (Fsp3) is 0. The van der Waals surface area contributed by atoms with Crippen molar-refractivity contribution in [3.05, 3.63) is 0 Å². The summed E-state index contributed by atoms with van der Waals surface area (Å²) in [5.74, 6) is 0. The summed E-state index contributed by atoms with van der Waals surface area (Å²) >= 11 is 0. The summed E-state index contributed by atoms with van der Waals surface area (Å²) < 4.78 is 0. The van der Waals surface area contributed by atoms with E-state index in [1.807, 2.05) is 0 Å². The Morgan fingerprint density at radius 1 is 0.0392 bits per heavy atom. The van der Waals surface area contributed by atoms with Gasteiger partial charge in [0.15, 0.2) is 0 Å². The van der Waals surface area contributed by atoms with Gasteiger partial charge < -0.3 is 27.4 Å². The van der Waals surface area contributed by atoms with Crippen LogP contribution in [0.25, 0.3) is 0 Å². The molecule has 0 fully saturated rings. The van der Waals surface area contributed by atoms with Crippen LogP contribution in [-0.4, -0.2) is 1390 Å². The summed E-state index contributed by atoms with van der Waals surface area (Å²) in [7, 11) is 0. The molecule has 0 aromatic carbocycles. The zero-order valence-electron chi connectivity index (χ0n) is 2.50. The standard InChI is InChI=1S/46Na.5H2O.46H/h;;;;;;;;;;;;;;;;;;;;;;;;;;;;;;;;;;;;;;;;;;;;;;5*1H2;;;;;;;;;;;;;;;;;;;;;;;;;;;;;;;;;;;;;;;;;;;;;;. The van der Waals surface area contributed by atoms with Crippen LogP contribution >= 0.6 is 0 Å². The second kappa shape index (κ2) is 410. The molecule has 0 unspecified atom stereocenters. The van der Waals surface area contributed by atoms with Gasteiger partial charge in [0.05, 0.1) is 0 Å². The number of hydrogen-bond donors (Lipinski definition) is 0. The summed E-state index contributed by atoms with van der Waals surface area (Å²) in [5, 5.41) is 0. The van der Waals surface area contributed by atoms with Crippen molar-refractivity contribution in [2.24, 2.45) is 0 Å². The van der Waals surface area contributed by atoms with Gasteiger partial charge in [-0.2, -0.15) is 0 Å². The minimum atomic E-state index is 0. The second-order valence-corrected chi connectivity index (χ2v) is 0. The summed E-state index contributed by atoms with van der Waals surface area (Å²) in [6.45, 7) is 0. The van der Waals surface area contributed by atoms with Crippen LogP contribution in [0.5, 0.6) is 0 Å². The Balaban J connectivity index is 0. The first-order chi connectivity index (χ1) is 0. The molecule has 0 aromatic rings. The van der Waals surface area contributed by atoms with E-state index >= 15 is 0 Å². The molecule has 0 amide bonds. The van der Waals surface area contributed by atoms with Crippen LogP contribution < -0.4 is 0 Å². The normalized spacial score (nSPS) is 0. The fourth-order valence-electron chi connectivity index (χ4n) is 0. The molecule has 51 heavy (non-hydrogen) atoms. The van der Waals surface area contributed by atoms with Crippen molar-refractivity contribution in [3.8, 4) is 0 Å². The fourth-order valence-corrected chi connectivity index (χ4v) is 0. The van der Waals surface area contributed by atoms with Crippen molar-refractivity contribution < 1.29 is 27.4 Å². The Morgan fingerprint density at radius 2 is 0.0392 bits per heavy atom. The van der Waals surface area contributed by atoms with Crippen molar-refractivity contribution in [1.82, 2.24) is 0 Å². The van der Waals surface area contributed by atoms with E-state index in [-0.39, 0.29) is 1390 Å². The summed E-state index contributed by atoms with van der Waals surface area (Å²) in [4.78, 5) is 0. The Labute approximate surface area is 1340 Å². The molecule has 10 N–H and O–H groups in total. The zero-order valence-corrected chi connectivity index (χ0v) is 2.50. The van der Waals surface area contributed by atoms with Crippen LogP contribution in [0.3, 0.4) is 0 Å². The first-order valence-electron chi connectivity index (χ1n) is 0. The van der Waals surface area contributed by atoms with E-state index in [9.17, 15) is 0 Å². The minimum absolute atomic E-state index is 0. The summed E-state index contributed by atoms with van der Waals surface area (Å²) in [6, 6.07) is 0. The summed E-state index contributed by atoms with van der Waals surface area (Å²) in [5.41, 5.74) is 0. The Morgan fingerprint density at radius 3 is 0.0392 bits per heavy atom. The SMILES string of the molecule is O.O.O.O.O.[NaH].[NaH].[NaH].[NaH].[NaH].[NaH].[NaH].[NaH].[NaH].[NaH].[NaH].[NaH].[NaH].[NaH].[NaH].[NaH].[NaH].[NaH].[NaH].[NaH].[NaH].[NaH].[NaH].[NaH].[NaH].[NaH].[NaH].[NaH].[NaH].[NaH].[NaH].[NaH].[NaH].[NaH].[NaH].[NaH].[NaH].[NaH].[NaH].[NaH].[NaH].[NaH].[NaH].[NaH].[NaH].[NaH]. The predicted octanol–water partition coefficient (Wildman–Crippen LogP) is -34.0. The van der Waals surface area contributed by atoms with Crippen molar-refractivity contribution in [3.63, 3.8) is 0 Å². The van der Waals surface area contributed by atoms with E-state index in [2.05, 4.69) is 0 Å². The quantitative estimate of drug-likeness (QED) is 0.212. The van der Waals surface area contributed by atoms with Gasteiger partial charge in [-0.05, 0) is 0 Å². The zero-order chi connectivity index (χ0) is 0. The Hall–Kier alpha value is 45.8. The second-order valence-electron chi connectivity index (χ2n) is 0. The molecule has 0 spiro atoms. The van der Waals surface area contributed by atoms with E-state index in [1.165, 1.54) is 0 Å². The average molecular weight is 1190 g/mol. The van der Waals surface area contributed by atoms with Gasteiger partial charge in [0.25, 0.3) is 0 Å². The van der Waals surface area contributed by atoms with Gasteiger partial charge in [0.2, 0.25) is 0 Å². The third-order valence-corrected chi connectivity index (χ3v) is 0. The van der Waals surface area contributed by atoms with Gasteiger partial charge in [-0.15, -0.1) is 0 Å². The molecule has 51 heteroatoms. The third-order valence-electron chi connectivity index (χ3n) is 0. The van der Waals surface area contributed by atoms with E-state index in [0.717, 1.165) is 0 Å².